The molecule has 2 rings (SSSR count). The molecule has 1 aliphatic carbocycles. The van der Waals surface area contributed by atoms with Crippen LogP contribution in [0.25, 0.3) is 0 Å². The molecular weight excluding hydrogens is 249 g/mol. The SMILES string of the molecule is [CH3][Sn][c]1nc2c(s1)CCC2. The van der Waals surface area contributed by atoms with Crippen LogP contribution in [0.1, 0.15) is 17.0 Å². The maximum absolute atomic E-state index is 4.60. The molecule has 0 aliphatic heterocycles. The van der Waals surface area contributed by atoms with Crippen LogP contribution in [0.3, 0.4) is 0 Å². The fourth-order valence-electron chi connectivity index (χ4n) is 1.30. The Kier molecular flexibility index (Phi) is 2.00. The first-order chi connectivity index (χ1) is 4.90. The van der Waals surface area contributed by atoms with Crippen LogP contribution in [0.15, 0.2) is 0 Å². The molecule has 1 heterocycles. The van der Waals surface area contributed by atoms with Gasteiger partial charge < -0.3 is 0 Å². The van der Waals surface area contributed by atoms with Crippen molar-refractivity contribution in [2.24, 2.45) is 0 Å². The van der Waals surface area contributed by atoms with Crippen molar-refractivity contribution in [2.45, 2.75) is 24.2 Å². The number of rotatable bonds is 1. The van der Waals surface area contributed by atoms with Crippen LogP contribution in [0.5, 0.6) is 0 Å². The maximum atomic E-state index is 4.60. The number of nitrogens with zero attached hydrogens (tertiary/aromatic N) is 1. The number of hydrogen-bond acceptors (Lipinski definition) is 2. The van der Waals surface area contributed by atoms with Gasteiger partial charge in [-0.3, -0.25) is 0 Å². The molecule has 0 aromatic carbocycles. The molecule has 0 atom stereocenters. The quantitative estimate of drug-likeness (QED) is 0.685. The van der Waals surface area contributed by atoms with Gasteiger partial charge in [-0.25, -0.2) is 0 Å². The average Bonchev–Trinajstić information content (AvgIpc) is 2.42. The van der Waals surface area contributed by atoms with Gasteiger partial charge in [-0.05, 0) is 0 Å². The molecular formula is C7H9NSSn. The van der Waals surface area contributed by atoms with Gasteiger partial charge >= 0.3 is 75.3 Å². The van der Waals surface area contributed by atoms with Crippen molar-refractivity contribution >= 4 is 35.5 Å². The van der Waals surface area contributed by atoms with Gasteiger partial charge in [0.15, 0.2) is 0 Å². The summed E-state index contributed by atoms with van der Waals surface area (Å²) in [5, 5.41) is 0. The Morgan fingerprint density at radius 1 is 1.50 bits per heavy atom. The summed E-state index contributed by atoms with van der Waals surface area (Å²) in [5.74, 6) is 0. The van der Waals surface area contributed by atoms with Gasteiger partial charge in [0, 0.05) is 0 Å². The average molecular weight is 258 g/mol. The summed E-state index contributed by atoms with van der Waals surface area (Å²) in [6, 6.07) is 0. The molecule has 0 saturated carbocycles. The molecule has 3 heteroatoms. The van der Waals surface area contributed by atoms with E-state index in [1.54, 1.807) is 4.88 Å². The zero-order chi connectivity index (χ0) is 6.97. The molecule has 1 aromatic rings. The van der Waals surface area contributed by atoms with Gasteiger partial charge in [0.05, 0.1) is 0 Å². The third-order valence-electron chi connectivity index (χ3n) is 1.81. The van der Waals surface area contributed by atoms with Gasteiger partial charge in [-0.2, -0.15) is 0 Å². The predicted molar refractivity (Wildman–Crippen MR) is 45.4 cm³/mol. The van der Waals surface area contributed by atoms with E-state index >= 15 is 0 Å². The Labute approximate surface area is 75.1 Å². The number of thiazole rings is 1. The molecule has 10 heavy (non-hydrogen) atoms. The van der Waals surface area contributed by atoms with Crippen molar-refractivity contribution < 1.29 is 0 Å². The predicted octanol–water partition coefficient (Wildman–Crippen LogP) is 1.01. The van der Waals surface area contributed by atoms with Crippen molar-refractivity contribution in [3.05, 3.63) is 10.6 Å². The number of hydrogen-bond donors (Lipinski definition) is 0. The first-order valence-electron chi connectivity index (χ1n) is 3.56. The van der Waals surface area contributed by atoms with Crippen molar-refractivity contribution in [2.75, 3.05) is 0 Å². The molecule has 52 valence electrons. The second-order valence-electron chi connectivity index (χ2n) is 2.49. The van der Waals surface area contributed by atoms with Crippen LogP contribution in [0.2, 0.25) is 4.94 Å². The van der Waals surface area contributed by atoms with E-state index in [-0.39, 0.29) is 21.1 Å². The molecule has 1 aliphatic rings. The summed E-state index contributed by atoms with van der Waals surface area (Å²) in [6.07, 6.45) is 3.92. The summed E-state index contributed by atoms with van der Waals surface area (Å²) in [7, 11) is 0. The van der Waals surface area contributed by atoms with Crippen LogP contribution >= 0.6 is 11.3 Å². The number of aromatic nitrogens is 1. The van der Waals surface area contributed by atoms with Crippen LogP contribution in [0.4, 0.5) is 0 Å². The van der Waals surface area contributed by atoms with Gasteiger partial charge in [-0.1, -0.05) is 0 Å². The van der Waals surface area contributed by atoms with Crippen molar-refractivity contribution in [3.63, 3.8) is 0 Å². The first kappa shape index (κ1) is 7.10. The molecule has 2 radical (unpaired) electrons. The van der Waals surface area contributed by atoms with Crippen molar-refractivity contribution in [3.8, 4) is 0 Å². The van der Waals surface area contributed by atoms with E-state index in [9.17, 15) is 0 Å². The third kappa shape index (κ3) is 1.11. The Morgan fingerprint density at radius 3 is 3.10 bits per heavy atom. The summed E-state index contributed by atoms with van der Waals surface area (Å²) in [4.78, 5) is 8.54. The van der Waals surface area contributed by atoms with E-state index < -0.39 is 0 Å². The summed E-state index contributed by atoms with van der Waals surface area (Å²) >= 11 is 1.77. The van der Waals surface area contributed by atoms with Crippen LogP contribution in [-0.4, -0.2) is 26.1 Å². The van der Waals surface area contributed by atoms with Gasteiger partial charge in [0.2, 0.25) is 0 Å². The fourth-order valence-corrected chi connectivity index (χ4v) is 4.93. The molecule has 0 bridgehead atoms. The molecule has 0 amide bonds. The Bertz CT molecular complexity index is 222. The molecule has 0 fully saturated rings. The number of fused-ring (bicyclic) bond motifs is 1. The summed E-state index contributed by atoms with van der Waals surface area (Å²) in [6.45, 7) is 0. The van der Waals surface area contributed by atoms with Crippen molar-refractivity contribution in [1.82, 2.24) is 4.98 Å². The standard InChI is InChI=1S/C6H6NS.CH3.Sn/c1-2-5-6(3-1)8-4-7-5;;/h1-3H2;1H3;. The molecule has 0 unspecified atom stereocenters. The molecule has 1 nitrogen and oxygen atoms in total. The first-order valence-corrected chi connectivity index (χ1v) is 8.66. The topological polar surface area (TPSA) is 12.9 Å². The van der Waals surface area contributed by atoms with Crippen LogP contribution in [0, 0.1) is 0 Å². The Hall–Kier alpha value is 0.429. The molecule has 0 spiro atoms. The van der Waals surface area contributed by atoms with E-state index in [2.05, 4.69) is 9.92 Å². The van der Waals surface area contributed by atoms with Gasteiger partial charge in [-0.15, -0.1) is 0 Å². The fraction of sp³-hybridized carbons (Fsp3) is 0.571. The van der Waals surface area contributed by atoms with E-state index in [1.807, 2.05) is 11.3 Å². The zero-order valence-corrected chi connectivity index (χ0v) is 9.65. The van der Waals surface area contributed by atoms with E-state index in [0.29, 0.717) is 0 Å². The summed E-state index contributed by atoms with van der Waals surface area (Å²) < 4.78 is 1.49. The van der Waals surface area contributed by atoms with E-state index in [0.717, 1.165) is 0 Å². The second kappa shape index (κ2) is 2.81. The van der Waals surface area contributed by atoms with Crippen LogP contribution < -0.4 is 3.02 Å². The van der Waals surface area contributed by atoms with Crippen LogP contribution in [-0.2, 0) is 12.8 Å². The molecule has 1 aromatic heterocycles. The van der Waals surface area contributed by atoms with Gasteiger partial charge in [0.1, 0.15) is 0 Å². The molecule has 0 saturated heterocycles. The minimum absolute atomic E-state index is 0.221. The summed E-state index contributed by atoms with van der Waals surface area (Å²) in [5.41, 5.74) is 1.43. The van der Waals surface area contributed by atoms with Gasteiger partial charge in [0.25, 0.3) is 0 Å². The van der Waals surface area contributed by atoms with Crippen molar-refractivity contribution in [1.29, 1.82) is 0 Å². The molecule has 0 N–H and O–H groups in total. The van der Waals surface area contributed by atoms with E-state index in [4.69, 9.17) is 0 Å². The number of aryl methyl sites for hydroxylation is 2. The minimum atomic E-state index is -0.221. The zero-order valence-electron chi connectivity index (χ0n) is 5.98. The monoisotopic (exact) mass is 259 g/mol. The Balaban J connectivity index is 2.37. The van der Waals surface area contributed by atoms with E-state index in [1.165, 1.54) is 28.0 Å². The third-order valence-corrected chi connectivity index (χ3v) is 6.56. The second-order valence-corrected chi connectivity index (χ2v) is 7.39. The normalized spacial score (nSPS) is 15.7. The Morgan fingerprint density at radius 2 is 2.40 bits per heavy atom.